The summed E-state index contributed by atoms with van der Waals surface area (Å²) >= 11 is 0. The number of para-hydroxylation sites is 1. The largest absolute Gasteiger partial charge is 0.369 e. The minimum Gasteiger partial charge on any atom is -0.369 e. The number of hydrogen-bond acceptors (Lipinski definition) is 4. The topological polar surface area (TPSA) is 43.9 Å². The molecule has 2 aliphatic heterocycles. The number of halogens is 1. The molecule has 0 aromatic heterocycles. The van der Waals surface area contributed by atoms with Crippen LogP contribution in [-0.4, -0.2) is 60.9 Å². The Labute approximate surface area is 155 Å². The number of rotatable bonds is 5. The predicted octanol–water partition coefficient (Wildman–Crippen LogP) is 2.24. The number of piperazine rings is 1. The van der Waals surface area contributed by atoms with E-state index in [9.17, 15) is 9.59 Å². The van der Waals surface area contributed by atoms with Crippen LogP contribution >= 0.6 is 12.4 Å². The van der Waals surface area contributed by atoms with Crippen molar-refractivity contribution < 1.29 is 9.59 Å². The van der Waals surface area contributed by atoms with E-state index in [1.54, 1.807) is 0 Å². The zero-order valence-electron chi connectivity index (χ0n) is 14.7. The molecule has 5 nitrogen and oxygen atoms in total. The number of carbonyl (C=O) groups excluding carboxylic acids is 2. The van der Waals surface area contributed by atoms with Crippen LogP contribution in [0.2, 0.25) is 0 Å². The van der Waals surface area contributed by atoms with E-state index in [-0.39, 0.29) is 30.6 Å². The molecule has 0 aliphatic carbocycles. The van der Waals surface area contributed by atoms with Crippen molar-refractivity contribution in [2.45, 2.75) is 19.8 Å². The normalized spacial score (nSPS) is 18.7. The first-order valence-corrected chi connectivity index (χ1v) is 8.61. The van der Waals surface area contributed by atoms with Gasteiger partial charge in [-0.25, -0.2) is 0 Å². The summed E-state index contributed by atoms with van der Waals surface area (Å²) in [5.41, 5.74) is 3.06. The molecule has 2 aliphatic rings. The molecule has 0 N–H and O–H groups in total. The summed E-state index contributed by atoms with van der Waals surface area (Å²) in [5, 5.41) is 0. The molecular formula is C19H26ClN3O2. The SMILES string of the molecule is C=C1CC(=O)N(CCCN2CCN(c3ccccc3C)CC2)C1=O.Cl. The van der Waals surface area contributed by atoms with Crippen LogP contribution in [0.25, 0.3) is 0 Å². The van der Waals surface area contributed by atoms with E-state index in [1.165, 1.54) is 16.2 Å². The van der Waals surface area contributed by atoms with Crippen LogP contribution in [0.5, 0.6) is 0 Å². The van der Waals surface area contributed by atoms with Crippen LogP contribution in [0.3, 0.4) is 0 Å². The highest BCUT2D eigenvalue weighted by Crippen LogP contribution is 2.21. The number of anilines is 1. The number of imide groups is 1. The van der Waals surface area contributed by atoms with E-state index in [0.717, 1.165) is 39.1 Å². The monoisotopic (exact) mass is 363 g/mol. The van der Waals surface area contributed by atoms with Crippen molar-refractivity contribution in [1.29, 1.82) is 0 Å². The Morgan fingerprint density at radius 1 is 1.04 bits per heavy atom. The van der Waals surface area contributed by atoms with E-state index in [0.29, 0.717) is 12.1 Å². The minimum absolute atomic E-state index is 0. The summed E-state index contributed by atoms with van der Waals surface area (Å²) in [4.78, 5) is 29.7. The molecule has 2 amide bonds. The molecule has 25 heavy (non-hydrogen) atoms. The number of nitrogens with zero attached hydrogens (tertiary/aromatic N) is 3. The van der Waals surface area contributed by atoms with Crippen LogP contribution in [0, 0.1) is 6.92 Å². The third-order valence-electron chi connectivity index (χ3n) is 4.90. The molecule has 0 radical (unpaired) electrons. The van der Waals surface area contributed by atoms with Gasteiger partial charge >= 0.3 is 0 Å². The van der Waals surface area contributed by atoms with Crippen LogP contribution in [0.1, 0.15) is 18.4 Å². The molecular weight excluding hydrogens is 338 g/mol. The number of amides is 2. The summed E-state index contributed by atoms with van der Waals surface area (Å²) < 4.78 is 0. The average molecular weight is 364 g/mol. The van der Waals surface area contributed by atoms with E-state index in [1.807, 2.05) is 0 Å². The fraction of sp³-hybridized carbons (Fsp3) is 0.474. The Hall–Kier alpha value is -1.85. The number of aryl methyl sites for hydroxylation is 1. The van der Waals surface area contributed by atoms with Gasteiger partial charge in [0, 0.05) is 44.0 Å². The van der Waals surface area contributed by atoms with Gasteiger partial charge in [0.25, 0.3) is 5.91 Å². The second-order valence-corrected chi connectivity index (χ2v) is 6.60. The number of hydrogen-bond donors (Lipinski definition) is 0. The minimum atomic E-state index is -0.190. The third-order valence-corrected chi connectivity index (χ3v) is 4.90. The molecule has 0 atom stereocenters. The maximum atomic E-state index is 11.8. The van der Waals surface area contributed by atoms with Crippen molar-refractivity contribution in [1.82, 2.24) is 9.80 Å². The summed E-state index contributed by atoms with van der Waals surface area (Å²) in [5.74, 6) is -0.293. The lowest BCUT2D eigenvalue weighted by Gasteiger charge is -2.37. The van der Waals surface area contributed by atoms with Crippen LogP contribution in [0.4, 0.5) is 5.69 Å². The Morgan fingerprint density at radius 2 is 1.72 bits per heavy atom. The lowest BCUT2D eigenvalue weighted by molar-refractivity contribution is -0.137. The van der Waals surface area contributed by atoms with Crippen molar-refractivity contribution in [2.75, 3.05) is 44.2 Å². The molecule has 0 spiro atoms. The Balaban J connectivity index is 0.00000225. The van der Waals surface area contributed by atoms with E-state index in [2.05, 4.69) is 47.6 Å². The van der Waals surface area contributed by atoms with Crippen LogP contribution in [-0.2, 0) is 9.59 Å². The molecule has 136 valence electrons. The molecule has 2 saturated heterocycles. The number of benzene rings is 1. The number of likely N-dealkylation sites (tertiary alicyclic amines) is 1. The maximum absolute atomic E-state index is 11.8. The van der Waals surface area contributed by atoms with Crippen molar-refractivity contribution >= 4 is 29.9 Å². The second kappa shape index (κ2) is 8.50. The first kappa shape index (κ1) is 19.5. The summed E-state index contributed by atoms with van der Waals surface area (Å²) in [6.07, 6.45) is 1.02. The van der Waals surface area contributed by atoms with Gasteiger partial charge in [0.15, 0.2) is 0 Å². The van der Waals surface area contributed by atoms with E-state index >= 15 is 0 Å². The zero-order valence-corrected chi connectivity index (χ0v) is 15.6. The smallest absolute Gasteiger partial charge is 0.256 e. The Kier molecular flexibility index (Phi) is 6.62. The van der Waals surface area contributed by atoms with E-state index in [4.69, 9.17) is 0 Å². The fourth-order valence-electron chi connectivity index (χ4n) is 3.47. The standard InChI is InChI=1S/C19H25N3O2.ClH/c1-15-6-3-4-7-17(15)21-12-10-20(11-13-21)8-5-9-22-18(23)14-16(2)19(22)24;/h3-4,6-7H,2,5,8-14H2,1H3;1H. The van der Waals surface area contributed by atoms with Gasteiger partial charge in [-0.15, -0.1) is 12.4 Å². The van der Waals surface area contributed by atoms with Gasteiger partial charge in [0.05, 0.1) is 6.42 Å². The summed E-state index contributed by atoms with van der Waals surface area (Å²) in [7, 11) is 0. The van der Waals surface area contributed by atoms with Crippen molar-refractivity contribution in [2.24, 2.45) is 0 Å². The molecule has 2 heterocycles. The molecule has 3 rings (SSSR count). The molecule has 0 bridgehead atoms. The van der Waals surface area contributed by atoms with Gasteiger partial charge in [-0.1, -0.05) is 24.8 Å². The van der Waals surface area contributed by atoms with Gasteiger partial charge < -0.3 is 4.90 Å². The first-order chi connectivity index (χ1) is 11.6. The van der Waals surface area contributed by atoms with Crippen molar-refractivity contribution in [3.05, 3.63) is 42.0 Å². The average Bonchev–Trinajstić information content (AvgIpc) is 2.82. The molecule has 0 unspecified atom stereocenters. The Bertz CT molecular complexity index is 654. The first-order valence-electron chi connectivity index (χ1n) is 8.61. The highest BCUT2D eigenvalue weighted by atomic mass is 35.5. The molecule has 2 fully saturated rings. The summed E-state index contributed by atoms with van der Waals surface area (Å²) in [6.45, 7) is 11.3. The maximum Gasteiger partial charge on any atom is 0.256 e. The molecule has 1 aromatic carbocycles. The number of carbonyl (C=O) groups is 2. The van der Waals surface area contributed by atoms with Crippen molar-refractivity contribution in [3.8, 4) is 0 Å². The van der Waals surface area contributed by atoms with Gasteiger partial charge in [-0.05, 0) is 31.5 Å². The van der Waals surface area contributed by atoms with Crippen LogP contribution in [0.15, 0.2) is 36.4 Å². The summed E-state index contributed by atoms with van der Waals surface area (Å²) in [6, 6.07) is 8.50. The van der Waals surface area contributed by atoms with Gasteiger partial charge in [0.1, 0.15) is 0 Å². The van der Waals surface area contributed by atoms with Gasteiger partial charge in [-0.2, -0.15) is 0 Å². The van der Waals surface area contributed by atoms with Gasteiger partial charge in [-0.3, -0.25) is 19.4 Å². The van der Waals surface area contributed by atoms with Crippen LogP contribution < -0.4 is 4.90 Å². The van der Waals surface area contributed by atoms with E-state index < -0.39 is 0 Å². The highest BCUT2D eigenvalue weighted by molar-refractivity contribution is 6.12. The second-order valence-electron chi connectivity index (χ2n) is 6.60. The lowest BCUT2D eigenvalue weighted by Crippen LogP contribution is -2.47. The highest BCUT2D eigenvalue weighted by Gasteiger charge is 2.31. The fourth-order valence-corrected chi connectivity index (χ4v) is 3.47. The predicted molar refractivity (Wildman–Crippen MR) is 102 cm³/mol. The van der Waals surface area contributed by atoms with Crippen molar-refractivity contribution in [3.63, 3.8) is 0 Å². The molecule has 6 heteroatoms. The van der Waals surface area contributed by atoms with Gasteiger partial charge in [0.2, 0.25) is 5.91 Å². The quantitative estimate of drug-likeness (QED) is 0.594. The molecule has 1 aromatic rings. The third kappa shape index (κ3) is 4.41. The molecule has 0 saturated carbocycles. The zero-order chi connectivity index (χ0) is 17.1. The lowest BCUT2D eigenvalue weighted by atomic mass is 10.1. The Morgan fingerprint density at radius 3 is 2.32 bits per heavy atom.